The molecule has 104 valence electrons. The number of aryl methyl sites for hydroxylation is 1. The number of pyridine rings is 1. The zero-order chi connectivity index (χ0) is 14.5. The molecule has 0 unspecified atom stereocenters. The van der Waals surface area contributed by atoms with Crippen LogP contribution in [0.4, 0.5) is 0 Å². The van der Waals surface area contributed by atoms with E-state index in [9.17, 15) is 4.79 Å². The van der Waals surface area contributed by atoms with Crippen LogP contribution < -0.4 is 5.32 Å². The summed E-state index contributed by atoms with van der Waals surface area (Å²) >= 11 is 11.8. The molecule has 5 heteroatoms. The molecule has 0 spiro atoms. The first-order chi connectivity index (χ1) is 9.54. The Hall–Kier alpha value is -1.58. The minimum atomic E-state index is -0.179. The Balaban J connectivity index is 1.91. The molecule has 0 fully saturated rings. The lowest BCUT2D eigenvalue weighted by Gasteiger charge is -2.06. The topological polar surface area (TPSA) is 42.0 Å². The molecule has 3 nitrogen and oxygen atoms in total. The first kappa shape index (κ1) is 14.8. The summed E-state index contributed by atoms with van der Waals surface area (Å²) in [6, 6.07) is 10.7. The van der Waals surface area contributed by atoms with Gasteiger partial charge in [0.25, 0.3) is 5.91 Å². The van der Waals surface area contributed by atoms with Crippen LogP contribution >= 0.6 is 23.2 Å². The van der Waals surface area contributed by atoms with Crippen LogP contribution in [0.25, 0.3) is 0 Å². The Morgan fingerprint density at radius 2 is 1.90 bits per heavy atom. The summed E-state index contributed by atoms with van der Waals surface area (Å²) in [5, 5.41) is 4.02. The van der Waals surface area contributed by atoms with Crippen LogP contribution in [-0.4, -0.2) is 17.4 Å². The highest BCUT2D eigenvalue weighted by Crippen LogP contribution is 2.19. The van der Waals surface area contributed by atoms with E-state index in [0.29, 0.717) is 28.7 Å². The number of amides is 1. The molecule has 2 rings (SSSR count). The Bertz CT molecular complexity index is 609. The molecule has 1 heterocycles. The molecular formula is C15H14Cl2N2O. The second-order valence-electron chi connectivity index (χ2n) is 4.45. The lowest BCUT2D eigenvalue weighted by Crippen LogP contribution is -2.26. The van der Waals surface area contributed by atoms with Gasteiger partial charge in [-0.15, -0.1) is 0 Å². The minimum absolute atomic E-state index is 0.179. The number of hydrogen-bond acceptors (Lipinski definition) is 2. The standard InChI is InChI=1S/C15H14Cl2N2O/c1-10-3-2-4-14(19-10)15(20)18-6-5-11-7-12(16)9-13(17)8-11/h2-4,7-9H,5-6H2,1H3,(H,18,20). The van der Waals surface area contributed by atoms with Crippen molar-refractivity contribution < 1.29 is 4.79 Å². The molecule has 1 aromatic heterocycles. The molecule has 1 aromatic carbocycles. The molecule has 0 aliphatic carbocycles. The molecule has 1 amide bonds. The predicted octanol–water partition coefficient (Wildman–Crippen LogP) is 3.67. The third kappa shape index (κ3) is 4.22. The van der Waals surface area contributed by atoms with E-state index in [1.54, 1.807) is 12.1 Å². The first-order valence-corrected chi connectivity index (χ1v) is 6.97. The lowest BCUT2D eigenvalue weighted by atomic mass is 10.1. The van der Waals surface area contributed by atoms with Crippen molar-refractivity contribution >= 4 is 29.1 Å². The van der Waals surface area contributed by atoms with Gasteiger partial charge in [0.05, 0.1) is 0 Å². The van der Waals surface area contributed by atoms with Crippen LogP contribution in [0.15, 0.2) is 36.4 Å². The van der Waals surface area contributed by atoms with Gasteiger partial charge in [0.1, 0.15) is 5.69 Å². The highest BCUT2D eigenvalue weighted by atomic mass is 35.5. The van der Waals surface area contributed by atoms with Gasteiger partial charge in [0, 0.05) is 22.3 Å². The Kier molecular flexibility index (Phi) is 4.99. The first-order valence-electron chi connectivity index (χ1n) is 6.21. The van der Waals surface area contributed by atoms with Crippen LogP contribution in [-0.2, 0) is 6.42 Å². The van der Waals surface area contributed by atoms with Gasteiger partial charge in [-0.05, 0) is 49.2 Å². The average molecular weight is 309 g/mol. The summed E-state index contributed by atoms with van der Waals surface area (Å²) in [5.41, 5.74) is 2.23. The van der Waals surface area contributed by atoms with E-state index in [1.807, 2.05) is 31.2 Å². The third-order valence-corrected chi connectivity index (χ3v) is 3.18. The van der Waals surface area contributed by atoms with Crippen molar-refractivity contribution in [1.29, 1.82) is 0 Å². The molecule has 0 radical (unpaired) electrons. The number of rotatable bonds is 4. The van der Waals surface area contributed by atoms with Crippen molar-refractivity contribution in [2.75, 3.05) is 6.54 Å². The van der Waals surface area contributed by atoms with Gasteiger partial charge in [-0.2, -0.15) is 0 Å². The van der Waals surface area contributed by atoms with Gasteiger partial charge in [-0.1, -0.05) is 29.3 Å². The molecule has 0 atom stereocenters. The number of nitrogens with zero attached hydrogens (tertiary/aromatic N) is 1. The summed E-state index contributed by atoms with van der Waals surface area (Å²) in [6.07, 6.45) is 0.665. The van der Waals surface area contributed by atoms with Gasteiger partial charge in [-0.25, -0.2) is 4.98 Å². The number of hydrogen-bond donors (Lipinski definition) is 1. The summed E-state index contributed by atoms with van der Waals surface area (Å²) in [7, 11) is 0. The second-order valence-corrected chi connectivity index (χ2v) is 5.32. The SMILES string of the molecule is Cc1cccc(C(=O)NCCc2cc(Cl)cc(Cl)c2)n1. The fourth-order valence-corrected chi connectivity index (χ4v) is 2.41. The quantitative estimate of drug-likeness (QED) is 0.936. The van der Waals surface area contributed by atoms with E-state index in [-0.39, 0.29) is 5.91 Å². The second kappa shape index (κ2) is 6.73. The van der Waals surface area contributed by atoms with Crippen LogP contribution in [0.5, 0.6) is 0 Å². The van der Waals surface area contributed by atoms with Crippen LogP contribution in [0, 0.1) is 6.92 Å². The van der Waals surface area contributed by atoms with Crippen molar-refractivity contribution in [3.8, 4) is 0 Å². The fourth-order valence-electron chi connectivity index (χ4n) is 1.84. The van der Waals surface area contributed by atoms with Crippen LogP contribution in [0.1, 0.15) is 21.7 Å². The van der Waals surface area contributed by atoms with Gasteiger partial charge in [0.15, 0.2) is 0 Å². The van der Waals surface area contributed by atoms with E-state index in [4.69, 9.17) is 23.2 Å². The number of carbonyl (C=O) groups excluding carboxylic acids is 1. The maximum Gasteiger partial charge on any atom is 0.269 e. The molecule has 0 bridgehead atoms. The average Bonchev–Trinajstić information content (AvgIpc) is 2.37. The third-order valence-electron chi connectivity index (χ3n) is 2.74. The maximum absolute atomic E-state index is 11.9. The zero-order valence-electron chi connectivity index (χ0n) is 11.0. The van der Waals surface area contributed by atoms with Crippen molar-refractivity contribution in [3.63, 3.8) is 0 Å². The Morgan fingerprint density at radius 3 is 2.55 bits per heavy atom. The molecule has 0 saturated heterocycles. The van der Waals surface area contributed by atoms with E-state index in [0.717, 1.165) is 11.3 Å². The van der Waals surface area contributed by atoms with E-state index < -0.39 is 0 Å². The Labute approximate surface area is 127 Å². The predicted molar refractivity (Wildman–Crippen MR) is 81.5 cm³/mol. The Morgan fingerprint density at radius 1 is 1.20 bits per heavy atom. The highest BCUT2D eigenvalue weighted by Gasteiger charge is 2.06. The maximum atomic E-state index is 11.9. The highest BCUT2D eigenvalue weighted by molar-refractivity contribution is 6.34. The molecule has 0 aliphatic heterocycles. The summed E-state index contributed by atoms with van der Waals surface area (Å²) in [6.45, 7) is 2.36. The minimum Gasteiger partial charge on any atom is -0.350 e. The van der Waals surface area contributed by atoms with Gasteiger partial charge in [-0.3, -0.25) is 4.79 Å². The van der Waals surface area contributed by atoms with E-state index in [1.165, 1.54) is 0 Å². The number of carbonyl (C=O) groups is 1. The number of halogens is 2. The summed E-state index contributed by atoms with van der Waals surface area (Å²) < 4.78 is 0. The van der Waals surface area contributed by atoms with Gasteiger partial charge < -0.3 is 5.32 Å². The summed E-state index contributed by atoms with van der Waals surface area (Å²) in [5.74, 6) is -0.179. The van der Waals surface area contributed by atoms with Crippen molar-refractivity contribution in [2.45, 2.75) is 13.3 Å². The molecule has 2 aromatic rings. The molecule has 0 saturated carbocycles. The number of aromatic nitrogens is 1. The van der Waals surface area contributed by atoms with E-state index in [2.05, 4.69) is 10.3 Å². The normalized spacial score (nSPS) is 10.3. The van der Waals surface area contributed by atoms with Crippen molar-refractivity contribution in [1.82, 2.24) is 10.3 Å². The van der Waals surface area contributed by atoms with Gasteiger partial charge in [0.2, 0.25) is 0 Å². The number of benzene rings is 1. The van der Waals surface area contributed by atoms with Crippen molar-refractivity contribution in [2.24, 2.45) is 0 Å². The van der Waals surface area contributed by atoms with Gasteiger partial charge >= 0.3 is 0 Å². The largest absolute Gasteiger partial charge is 0.350 e. The van der Waals surface area contributed by atoms with E-state index >= 15 is 0 Å². The zero-order valence-corrected chi connectivity index (χ0v) is 12.5. The van der Waals surface area contributed by atoms with Crippen LogP contribution in [0.2, 0.25) is 10.0 Å². The molecule has 0 aliphatic rings. The monoisotopic (exact) mass is 308 g/mol. The lowest BCUT2D eigenvalue weighted by molar-refractivity contribution is 0.0949. The summed E-state index contributed by atoms with van der Waals surface area (Å²) in [4.78, 5) is 16.1. The fraction of sp³-hybridized carbons (Fsp3) is 0.200. The molecule has 20 heavy (non-hydrogen) atoms. The molecular weight excluding hydrogens is 295 g/mol. The van der Waals surface area contributed by atoms with Crippen molar-refractivity contribution in [3.05, 3.63) is 63.4 Å². The van der Waals surface area contributed by atoms with Crippen LogP contribution in [0.3, 0.4) is 0 Å². The number of nitrogens with one attached hydrogen (secondary N) is 1. The smallest absolute Gasteiger partial charge is 0.269 e. The molecule has 1 N–H and O–H groups in total.